The molecule has 0 saturated carbocycles. The average molecular weight is 374 g/mol. The maximum atomic E-state index is 6.69. The van der Waals surface area contributed by atoms with Crippen molar-refractivity contribution in [3.63, 3.8) is 0 Å². The van der Waals surface area contributed by atoms with Gasteiger partial charge in [0.05, 0.1) is 7.11 Å². The van der Waals surface area contributed by atoms with Gasteiger partial charge < -0.3 is 14.1 Å². The maximum absolute atomic E-state index is 6.69. The third-order valence-corrected chi connectivity index (χ3v) is 9.10. The summed E-state index contributed by atoms with van der Waals surface area (Å²) in [5.74, 6) is 1.72. The van der Waals surface area contributed by atoms with E-state index in [1.807, 2.05) is 36.5 Å². The van der Waals surface area contributed by atoms with E-state index >= 15 is 0 Å². The van der Waals surface area contributed by atoms with E-state index in [1.165, 1.54) is 0 Å². The summed E-state index contributed by atoms with van der Waals surface area (Å²) < 4.78 is 12.0. The number of hydrogen-bond donors (Lipinski definition) is 0. The molecule has 4 heteroatoms. The van der Waals surface area contributed by atoms with Crippen LogP contribution in [-0.4, -0.2) is 26.4 Å². The molecule has 0 spiro atoms. The molecule has 144 valence electrons. The van der Waals surface area contributed by atoms with Crippen LogP contribution in [0.25, 0.3) is 6.08 Å². The molecule has 0 bridgehead atoms. The Balaban J connectivity index is 3.36. The number of hydrogen-bond acceptors (Lipinski definition) is 3. The fraction of sp³-hybridized carbons (Fsp3) is 0.455. The first kappa shape index (κ1) is 22.1. The van der Waals surface area contributed by atoms with E-state index in [-0.39, 0.29) is 11.1 Å². The predicted molar refractivity (Wildman–Crippen MR) is 116 cm³/mol. The summed E-state index contributed by atoms with van der Waals surface area (Å²) >= 11 is 0. The van der Waals surface area contributed by atoms with Gasteiger partial charge in [-0.3, -0.25) is 0 Å². The van der Waals surface area contributed by atoms with Crippen LogP contribution in [0.15, 0.2) is 55.1 Å². The zero-order valence-electron chi connectivity index (χ0n) is 17.7. The smallest absolute Gasteiger partial charge is 0.252 e. The van der Waals surface area contributed by atoms with Gasteiger partial charge in [0.15, 0.2) is 5.88 Å². The topological polar surface area (TPSA) is 21.7 Å². The van der Waals surface area contributed by atoms with Crippen molar-refractivity contribution in [2.75, 3.05) is 7.11 Å². The average Bonchev–Trinajstić information content (AvgIpc) is 2.54. The van der Waals surface area contributed by atoms with Gasteiger partial charge in [-0.15, -0.1) is 0 Å². The Morgan fingerprint density at radius 1 is 1.15 bits per heavy atom. The Hall–Kier alpha value is -1.94. The van der Waals surface area contributed by atoms with E-state index in [9.17, 15) is 0 Å². The van der Waals surface area contributed by atoms with Crippen molar-refractivity contribution < 1.29 is 9.16 Å². The Bertz CT molecular complexity index is 637. The van der Waals surface area contributed by atoms with Crippen LogP contribution in [-0.2, 0) is 4.43 Å². The monoisotopic (exact) mass is 373 g/mol. The highest BCUT2D eigenvalue weighted by atomic mass is 28.4. The number of methoxy groups -OCH3 is 1. The summed E-state index contributed by atoms with van der Waals surface area (Å²) in [5, 5.41) is 0.122. The van der Waals surface area contributed by atoms with Crippen LogP contribution >= 0.6 is 0 Å². The molecule has 0 N–H and O–H groups in total. The van der Waals surface area contributed by atoms with Gasteiger partial charge in [-0.1, -0.05) is 45.6 Å². The number of nitrogens with zero attached hydrogens (tertiary/aromatic N) is 1. The lowest BCUT2D eigenvalue weighted by atomic mass is 10.2. The highest BCUT2D eigenvalue weighted by molar-refractivity contribution is 6.74. The molecular weight excluding hydrogens is 338 g/mol. The van der Waals surface area contributed by atoms with Gasteiger partial charge >= 0.3 is 0 Å². The van der Waals surface area contributed by atoms with Crippen molar-refractivity contribution in [2.45, 2.75) is 58.8 Å². The molecule has 0 aliphatic rings. The first-order valence-corrected chi connectivity index (χ1v) is 12.0. The molecule has 0 unspecified atom stereocenters. The fourth-order valence-corrected chi connectivity index (χ4v) is 3.06. The van der Waals surface area contributed by atoms with Crippen LogP contribution in [0, 0.1) is 0 Å². The van der Waals surface area contributed by atoms with Crippen LogP contribution in [0.4, 0.5) is 0 Å². The van der Waals surface area contributed by atoms with Crippen LogP contribution in [0.1, 0.15) is 40.2 Å². The minimum absolute atomic E-state index is 0.122. The number of allylic oxidation sites excluding steroid dienone is 2. The van der Waals surface area contributed by atoms with Gasteiger partial charge in [0.25, 0.3) is 8.32 Å². The molecule has 0 saturated heterocycles. The van der Waals surface area contributed by atoms with E-state index in [2.05, 4.69) is 65.3 Å². The third-order valence-electron chi connectivity index (χ3n) is 4.77. The van der Waals surface area contributed by atoms with E-state index in [1.54, 1.807) is 13.2 Å². The van der Waals surface area contributed by atoms with Crippen molar-refractivity contribution in [2.24, 2.45) is 0 Å². The molecule has 0 fully saturated rings. The van der Waals surface area contributed by atoms with Crippen molar-refractivity contribution in [1.29, 1.82) is 0 Å². The molecule has 1 rings (SSSR count). The highest BCUT2D eigenvalue weighted by Gasteiger charge is 2.40. The van der Waals surface area contributed by atoms with Gasteiger partial charge in [0.1, 0.15) is 5.75 Å². The van der Waals surface area contributed by atoms with Crippen molar-refractivity contribution in [3.05, 3.63) is 60.6 Å². The molecule has 0 amide bonds. The molecule has 3 nitrogen and oxygen atoms in total. The number of rotatable bonds is 8. The lowest BCUT2D eigenvalue weighted by Gasteiger charge is -2.40. The molecular formula is C22H35NO2Si. The van der Waals surface area contributed by atoms with Crippen LogP contribution in [0.3, 0.4) is 0 Å². The second kappa shape index (κ2) is 9.13. The SMILES string of the molecule is C=C/C=C/N(/C(=C/c1ccc(OC)cc1)O[Si](C)(C)C(C)(C)C)C(C)C. The summed E-state index contributed by atoms with van der Waals surface area (Å²) in [4.78, 5) is 2.16. The van der Waals surface area contributed by atoms with Gasteiger partial charge in [0.2, 0.25) is 0 Å². The summed E-state index contributed by atoms with van der Waals surface area (Å²) in [6, 6.07) is 8.29. The first-order valence-electron chi connectivity index (χ1n) is 9.14. The largest absolute Gasteiger partial charge is 0.532 e. The molecule has 0 atom stereocenters. The molecule has 0 radical (unpaired) electrons. The van der Waals surface area contributed by atoms with Gasteiger partial charge in [-0.25, -0.2) is 0 Å². The standard InChI is InChI=1S/C22H35NO2Si/c1-10-11-16-23(18(2)3)21(25-26(8,9)22(4,5)6)17-19-12-14-20(24-7)15-13-19/h10-18H,1H2,2-9H3/b16-11+,21-17-. The molecule has 0 aliphatic heterocycles. The lowest BCUT2D eigenvalue weighted by molar-refractivity contribution is 0.228. The minimum atomic E-state index is -1.98. The van der Waals surface area contributed by atoms with E-state index in [0.717, 1.165) is 17.2 Å². The van der Waals surface area contributed by atoms with E-state index in [0.29, 0.717) is 0 Å². The van der Waals surface area contributed by atoms with Gasteiger partial charge in [-0.2, -0.15) is 0 Å². The van der Waals surface area contributed by atoms with Gasteiger partial charge in [0, 0.05) is 18.3 Å². The normalized spacial score (nSPS) is 13.2. The second-order valence-electron chi connectivity index (χ2n) is 8.20. The minimum Gasteiger partial charge on any atom is -0.532 e. The zero-order valence-corrected chi connectivity index (χ0v) is 18.7. The molecule has 0 aliphatic carbocycles. The quantitative estimate of drug-likeness (QED) is 0.298. The predicted octanol–water partition coefficient (Wildman–Crippen LogP) is 6.43. The van der Waals surface area contributed by atoms with Crippen LogP contribution in [0.2, 0.25) is 18.1 Å². The second-order valence-corrected chi connectivity index (χ2v) is 12.9. The summed E-state index contributed by atoms with van der Waals surface area (Å²) in [6.07, 6.45) is 7.86. The molecule has 0 aromatic heterocycles. The Morgan fingerprint density at radius 2 is 1.73 bits per heavy atom. The lowest BCUT2D eigenvalue weighted by Crippen LogP contribution is -2.43. The Kier molecular flexibility index (Phi) is 7.76. The molecule has 1 aromatic rings. The Morgan fingerprint density at radius 3 is 2.15 bits per heavy atom. The van der Waals surface area contributed by atoms with Crippen molar-refractivity contribution in [3.8, 4) is 5.75 Å². The summed E-state index contributed by atoms with van der Waals surface area (Å²) in [6.45, 7) is 19.4. The zero-order chi connectivity index (χ0) is 20.0. The molecule has 26 heavy (non-hydrogen) atoms. The fourth-order valence-electron chi connectivity index (χ4n) is 2.07. The number of benzene rings is 1. The Labute approximate surface area is 161 Å². The third kappa shape index (κ3) is 6.10. The molecule has 0 heterocycles. The molecule has 1 aromatic carbocycles. The summed E-state index contributed by atoms with van der Waals surface area (Å²) in [5.41, 5.74) is 1.08. The van der Waals surface area contributed by atoms with Crippen molar-refractivity contribution >= 4 is 14.4 Å². The van der Waals surface area contributed by atoms with Crippen LogP contribution in [0.5, 0.6) is 5.75 Å². The van der Waals surface area contributed by atoms with Gasteiger partial charge in [-0.05, 0) is 55.8 Å². The van der Waals surface area contributed by atoms with E-state index < -0.39 is 8.32 Å². The first-order chi connectivity index (χ1) is 12.0. The van der Waals surface area contributed by atoms with Crippen LogP contribution < -0.4 is 4.74 Å². The summed E-state index contributed by atoms with van der Waals surface area (Å²) in [7, 11) is -0.304. The number of ether oxygens (including phenoxy) is 1. The highest BCUT2D eigenvalue weighted by Crippen LogP contribution is 2.39. The van der Waals surface area contributed by atoms with Crippen molar-refractivity contribution in [1.82, 2.24) is 4.90 Å². The maximum Gasteiger partial charge on any atom is 0.252 e. The van der Waals surface area contributed by atoms with E-state index in [4.69, 9.17) is 9.16 Å².